The molecular formula is C18H25F3N2O3. The summed E-state index contributed by atoms with van der Waals surface area (Å²) in [6, 6.07) is 6.70. The number of halogens is 3. The van der Waals surface area contributed by atoms with E-state index in [9.17, 15) is 18.0 Å². The summed E-state index contributed by atoms with van der Waals surface area (Å²) in [5, 5.41) is 11.6. The average molecular weight is 374 g/mol. The van der Waals surface area contributed by atoms with Gasteiger partial charge in [-0.1, -0.05) is 32.0 Å². The van der Waals surface area contributed by atoms with Crippen molar-refractivity contribution in [2.45, 2.75) is 33.0 Å². The summed E-state index contributed by atoms with van der Waals surface area (Å²) in [5.74, 6) is -0.857. The Morgan fingerprint density at radius 3 is 2.69 bits per heavy atom. The van der Waals surface area contributed by atoms with E-state index in [0.717, 1.165) is 5.56 Å². The average Bonchev–Trinajstić information content (AvgIpc) is 2.56. The summed E-state index contributed by atoms with van der Waals surface area (Å²) < 4.78 is 44.8. The van der Waals surface area contributed by atoms with Gasteiger partial charge in [0.1, 0.15) is 12.4 Å². The van der Waals surface area contributed by atoms with Crippen LogP contribution in [0.5, 0.6) is 5.75 Å². The van der Waals surface area contributed by atoms with Gasteiger partial charge in [0.25, 0.3) is 0 Å². The molecule has 1 heterocycles. The number of aliphatic hydroxyl groups excluding tert-OH is 1. The van der Waals surface area contributed by atoms with Gasteiger partial charge in [-0.05, 0) is 17.9 Å². The molecule has 1 aromatic rings. The predicted molar refractivity (Wildman–Crippen MR) is 90.8 cm³/mol. The van der Waals surface area contributed by atoms with Crippen LogP contribution < -0.4 is 10.1 Å². The molecule has 0 spiro atoms. The molecule has 2 amide bonds. The highest BCUT2D eigenvalue weighted by atomic mass is 19.4. The van der Waals surface area contributed by atoms with Crippen LogP contribution in [-0.4, -0.2) is 48.5 Å². The van der Waals surface area contributed by atoms with E-state index in [0.29, 0.717) is 5.75 Å². The van der Waals surface area contributed by atoms with Crippen LogP contribution in [0.4, 0.5) is 18.0 Å². The second-order valence-electron chi connectivity index (χ2n) is 7.13. The summed E-state index contributed by atoms with van der Waals surface area (Å²) >= 11 is 0. The molecular weight excluding hydrogens is 349 g/mol. The normalized spacial score (nSPS) is 19.9. The number of alkyl halides is 3. The number of hydrogen-bond donors (Lipinski definition) is 2. The van der Waals surface area contributed by atoms with E-state index in [1.54, 1.807) is 38.1 Å². The van der Waals surface area contributed by atoms with Gasteiger partial charge in [-0.2, -0.15) is 13.2 Å². The molecule has 0 aromatic heterocycles. The lowest BCUT2D eigenvalue weighted by Gasteiger charge is -2.44. The van der Waals surface area contributed by atoms with Crippen LogP contribution in [0.25, 0.3) is 0 Å². The molecule has 5 nitrogen and oxygen atoms in total. The lowest BCUT2D eigenvalue weighted by Crippen LogP contribution is -2.54. The minimum atomic E-state index is -4.25. The number of urea groups is 1. The number of amides is 2. The van der Waals surface area contributed by atoms with Crippen molar-refractivity contribution in [2.24, 2.45) is 11.3 Å². The first-order valence-electron chi connectivity index (χ1n) is 8.56. The van der Waals surface area contributed by atoms with E-state index >= 15 is 0 Å². The molecule has 146 valence electrons. The van der Waals surface area contributed by atoms with Gasteiger partial charge in [-0.15, -0.1) is 0 Å². The lowest BCUT2D eigenvalue weighted by atomic mass is 9.73. The van der Waals surface area contributed by atoms with Crippen molar-refractivity contribution in [1.82, 2.24) is 10.2 Å². The fourth-order valence-electron chi connectivity index (χ4n) is 3.37. The van der Waals surface area contributed by atoms with Crippen LogP contribution in [0.2, 0.25) is 0 Å². The Morgan fingerprint density at radius 2 is 2.08 bits per heavy atom. The van der Waals surface area contributed by atoms with E-state index in [2.05, 4.69) is 5.32 Å². The minimum absolute atomic E-state index is 0.0473. The summed E-state index contributed by atoms with van der Waals surface area (Å²) in [4.78, 5) is 13.8. The van der Waals surface area contributed by atoms with Gasteiger partial charge < -0.3 is 20.1 Å². The number of benzene rings is 1. The Morgan fingerprint density at radius 1 is 1.38 bits per heavy atom. The maximum absolute atomic E-state index is 13.1. The quantitative estimate of drug-likeness (QED) is 0.832. The van der Waals surface area contributed by atoms with Crippen LogP contribution in [0.3, 0.4) is 0 Å². The summed E-state index contributed by atoms with van der Waals surface area (Å²) in [7, 11) is 0. The van der Waals surface area contributed by atoms with Gasteiger partial charge in [0.05, 0.1) is 12.5 Å². The summed E-state index contributed by atoms with van der Waals surface area (Å²) in [6.45, 7) is 3.42. The van der Waals surface area contributed by atoms with Gasteiger partial charge in [-0.25, -0.2) is 4.79 Å². The topological polar surface area (TPSA) is 61.8 Å². The first-order valence-corrected chi connectivity index (χ1v) is 8.56. The van der Waals surface area contributed by atoms with Crippen molar-refractivity contribution >= 4 is 6.03 Å². The molecule has 1 saturated heterocycles. The van der Waals surface area contributed by atoms with Crippen LogP contribution in [0.15, 0.2) is 24.3 Å². The van der Waals surface area contributed by atoms with Gasteiger partial charge in [0.15, 0.2) is 0 Å². The number of nitrogens with zero attached hydrogens (tertiary/aromatic N) is 1. The Labute approximate surface area is 151 Å². The summed E-state index contributed by atoms with van der Waals surface area (Å²) in [6.07, 6.45) is -4.35. The molecule has 2 rings (SSSR count). The Kier molecular flexibility index (Phi) is 6.39. The number of para-hydroxylation sites is 1. The van der Waals surface area contributed by atoms with Gasteiger partial charge >= 0.3 is 12.2 Å². The Balaban J connectivity index is 1.95. The number of piperidine rings is 1. The molecule has 1 aliphatic heterocycles. The fraction of sp³-hybridized carbons (Fsp3) is 0.611. The number of nitrogens with one attached hydrogen (secondary N) is 1. The van der Waals surface area contributed by atoms with Crippen molar-refractivity contribution in [2.75, 3.05) is 26.3 Å². The summed E-state index contributed by atoms with van der Waals surface area (Å²) in [5.41, 5.74) is -0.297. The molecule has 0 radical (unpaired) electrons. The third-order valence-corrected chi connectivity index (χ3v) is 4.66. The van der Waals surface area contributed by atoms with Crippen LogP contribution in [0.1, 0.15) is 25.8 Å². The second-order valence-corrected chi connectivity index (χ2v) is 7.13. The fourth-order valence-corrected chi connectivity index (χ4v) is 3.37. The van der Waals surface area contributed by atoms with Crippen LogP contribution in [0, 0.1) is 11.3 Å². The van der Waals surface area contributed by atoms with Crippen LogP contribution in [-0.2, 0) is 6.54 Å². The van der Waals surface area contributed by atoms with Crippen molar-refractivity contribution in [3.63, 3.8) is 0 Å². The largest absolute Gasteiger partial charge is 0.491 e. The number of likely N-dealkylation sites (tertiary alicyclic amines) is 1. The predicted octanol–water partition coefficient (Wildman–Crippen LogP) is 3.18. The minimum Gasteiger partial charge on any atom is -0.491 e. The van der Waals surface area contributed by atoms with E-state index < -0.39 is 23.5 Å². The Bertz CT molecular complexity index is 620. The van der Waals surface area contributed by atoms with Gasteiger partial charge in [0.2, 0.25) is 0 Å². The molecule has 26 heavy (non-hydrogen) atoms. The molecule has 2 N–H and O–H groups in total. The van der Waals surface area contributed by atoms with Gasteiger partial charge in [0, 0.05) is 25.2 Å². The first kappa shape index (κ1) is 20.4. The standard InChI is InChI=1S/C18H25F3N2O3/c1-17(2)12-23(8-7-15(17)18(19,20)21)16(25)22-11-13-5-3-4-6-14(13)26-10-9-24/h3-6,15,24H,7-12H2,1-2H3,(H,22,25)/t15-/m0/s1. The van der Waals surface area contributed by atoms with E-state index in [4.69, 9.17) is 9.84 Å². The number of carbonyl (C=O) groups is 1. The van der Waals surface area contributed by atoms with Crippen molar-refractivity contribution in [1.29, 1.82) is 0 Å². The van der Waals surface area contributed by atoms with E-state index in [-0.39, 0.29) is 39.3 Å². The number of carbonyl (C=O) groups excluding carboxylic acids is 1. The molecule has 0 aliphatic carbocycles. The highest BCUT2D eigenvalue weighted by Gasteiger charge is 2.51. The number of rotatable bonds is 5. The van der Waals surface area contributed by atoms with E-state index in [1.807, 2.05) is 0 Å². The monoisotopic (exact) mass is 374 g/mol. The lowest BCUT2D eigenvalue weighted by molar-refractivity contribution is -0.214. The molecule has 1 atom stereocenters. The molecule has 8 heteroatoms. The Hall–Kier alpha value is -1.96. The maximum atomic E-state index is 13.1. The van der Waals surface area contributed by atoms with Crippen molar-refractivity contribution in [3.8, 4) is 5.75 Å². The van der Waals surface area contributed by atoms with E-state index in [1.165, 1.54) is 4.90 Å². The number of hydrogen-bond acceptors (Lipinski definition) is 3. The SMILES string of the molecule is CC1(C)CN(C(=O)NCc2ccccc2OCCO)CC[C@@H]1C(F)(F)F. The molecule has 1 aliphatic rings. The zero-order valence-electron chi connectivity index (χ0n) is 15.0. The van der Waals surface area contributed by atoms with Crippen molar-refractivity contribution in [3.05, 3.63) is 29.8 Å². The van der Waals surface area contributed by atoms with Gasteiger partial charge in [-0.3, -0.25) is 0 Å². The molecule has 1 aromatic carbocycles. The number of aliphatic hydroxyl groups is 1. The smallest absolute Gasteiger partial charge is 0.392 e. The van der Waals surface area contributed by atoms with Crippen LogP contribution >= 0.6 is 0 Å². The zero-order chi connectivity index (χ0) is 19.4. The second kappa shape index (κ2) is 8.16. The third-order valence-electron chi connectivity index (χ3n) is 4.66. The highest BCUT2D eigenvalue weighted by molar-refractivity contribution is 5.74. The molecule has 1 fully saturated rings. The highest BCUT2D eigenvalue weighted by Crippen LogP contribution is 2.45. The first-order chi connectivity index (χ1) is 12.1. The number of ether oxygens (including phenoxy) is 1. The molecule has 0 bridgehead atoms. The molecule has 0 saturated carbocycles. The molecule has 0 unspecified atom stereocenters. The zero-order valence-corrected chi connectivity index (χ0v) is 15.0. The van der Waals surface area contributed by atoms with Crippen molar-refractivity contribution < 1.29 is 27.8 Å². The maximum Gasteiger partial charge on any atom is 0.392 e. The third kappa shape index (κ3) is 5.03.